The van der Waals surface area contributed by atoms with Crippen LogP contribution in [0.3, 0.4) is 0 Å². The van der Waals surface area contributed by atoms with Gasteiger partial charge in [0.1, 0.15) is 0 Å². The molecule has 0 aromatic rings. The summed E-state index contributed by atoms with van der Waals surface area (Å²) in [5.41, 5.74) is 5.78. The lowest BCUT2D eigenvalue weighted by Crippen LogP contribution is -2.43. The summed E-state index contributed by atoms with van der Waals surface area (Å²) in [5, 5.41) is 3.24. The Hall–Kier alpha value is -0.120. The molecule has 9 heavy (non-hydrogen) atoms. The smallest absolute Gasteiger partial charge is 0.0378 e. The highest BCUT2D eigenvalue weighted by Crippen LogP contribution is 2.01. The molecular formula is C6H15N3. The summed E-state index contributed by atoms with van der Waals surface area (Å²) in [6.07, 6.45) is 0. The quantitative estimate of drug-likeness (QED) is 0.469. The lowest BCUT2D eigenvalue weighted by molar-refractivity contribution is 0.292. The summed E-state index contributed by atoms with van der Waals surface area (Å²) < 4.78 is 0. The molecule has 54 valence electrons. The SMILES string of the molecule is CN(C)C1CNCC1N. The molecule has 0 aromatic heterocycles. The number of hydrogen-bond donors (Lipinski definition) is 2. The van der Waals surface area contributed by atoms with Gasteiger partial charge in [0.2, 0.25) is 0 Å². The van der Waals surface area contributed by atoms with E-state index in [-0.39, 0.29) is 0 Å². The van der Waals surface area contributed by atoms with E-state index in [1.54, 1.807) is 0 Å². The van der Waals surface area contributed by atoms with Gasteiger partial charge in [0, 0.05) is 25.2 Å². The molecule has 1 rings (SSSR count). The molecule has 1 heterocycles. The maximum Gasteiger partial charge on any atom is 0.0378 e. The van der Waals surface area contributed by atoms with Gasteiger partial charge in [0.25, 0.3) is 0 Å². The Bertz CT molecular complexity index is 92.3. The highest BCUT2D eigenvalue weighted by Gasteiger charge is 2.24. The molecule has 2 atom stereocenters. The van der Waals surface area contributed by atoms with E-state index < -0.39 is 0 Å². The minimum Gasteiger partial charge on any atom is -0.325 e. The Morgan fingerprint density at radius 3 is 2.33 bits per heavy atom. The first-order valence-electron chi connectivity index (χ1n) is 3.34. The topological polar surface area (TPSA) is 41.3 Å². The van der Waals surface area contributed by atoms with Gasteiger partial charge in [-0.3, -0.25) is 0 Å². The van der Waals surface area contributed by atoms with Crippen LogP contribution in [0.15, 0.2) is 0 Å². The molecular weight excluding hydrogens is 114 g/mol. The Balaban J connectivity index is 2.40. The van der Waals surface area contributed by atoms with Crippen molar-refractivity contribution in [1.29, 1.82) is 0 Å². The summed E-state index contributed by atoms with van der Waals surface area (Å²) in [4.78, 5) is 2.17. The molecule has 0 radical (unpaired) electrons. The summed E-state index contributed by atoms with van der Waals surface area (Å²) in [6.45, 7) is 2.00. The average molecular weight is 129 g/mol. The average Bonchev–Trinajstić information content (AvgIpc) is 2.13. The lowest BCUT2D eigenvalue weighted by Gasteiger charge is -2.21. The van der Waals surface area contributed by atoms with Crippen LogP contribution in [0.4, 0.5) is 0 Å². The Morgan fingerprint density at radius 1 is 1.44 bits per heavy atom. The molecule has 0 aromatic carbocycles. The maximum atomic E-state index is 5.78. The molecule has 0 amide bonds. The largest absolute Gasteiger partial charge is 0.325 e. The third-order valence-electron chi connectivity index (χ3n) is 1.89. The standard InChI is InChI=1S/C6H15N3/c1-9(2)6-4-8-3-5(6)7/h5-6,8H,3-4,7H2,1-2H3. The zero-order valence-electron chi connectivity index (χ0n) is 6.09. The molecule has 1 aliphatic rings. The first-order valence-corrected chi connectivity index (χ1v) is 3.34. The normalized spacial score (nSPS) is 36.0. The summed E-state index contributed by atoms with van der Waals surface area (Å²) >= 11 is 0. The van der Waals surface area contributed by atoms with Crippen LogP contribution in [0.25, 0.3) is 0 Å². The second kappa shape index (κ2) is 2.64. The van der Waals surface area contributed by atoms with Crippen molar-refractivity contribution in [2.24, 2.45) is 5.73 Å². The highest BCUT2D eigenvalue weighted by molar-refractivity contribution is 4.88. The van der Waals surface area contributed by atoms with Crippen molar-refractivity contribution in [3.8, 4) is 0 Å². The van der Waals surface area contributed by atoms with E-state index in [4.69, 9.17) is 5.73 Å². The maximum absolute atomic E-state index is 5.78. The molecule has 0 saturated carbocycles. The van der Waals surface area contributed by atoms with Gasteiger partial charge in [-0.05, 0) is 14.1 Å². The highest BCUT2D eigenvalue weighted by atomic mass is 15.2. The van der Waals surface area contributed by atoms with Gasteiger partial charge in [-0.15, -0.1) is 0 Å². The van der Waals surface area contributed by atoms with Gasteiger partial charge in [-0.1, -0.05) is 0 Å². The molecule has 0 bridgehead atoms. The zero-order valence-corrected chi connectivity index (χ0v) is 6.09. The fraction of sp³-hybridized carbons (Fsp3) is 1.00. The minimum absolute atomic E-state index is 0.319. The fourth-order valence-electron chi connectivity index (χ4n) is 1.25. The summed E-state index contributed by atoms with van der Waals surface area (Å²) in [6, 6.07) is 0.852. The predicted octanol–water partition coefficient (Wildman–Crippen LogP) is -1.15. The monoisotopic (exact) mass is 129 g/mol. The van der Waals surface area contributed by atoms with E-state index in [1.807, 2.05) is 0 Å². The van der Waals surface area contributed by atoms with Crippen LogP contribution in [0.5, 0.6) is 0 Å². The van der Waals surface area contributed by atoms with Crippen molar-refractivity contribution in [2.45, 2.75) is 12.1 Å². The Morgan fingerprint density at radius 2 is 2.11 bits per heavy atom. The van der Waals surface area contributed by atoms with E-state index in [0.29, 0.717) is 12.1 Å². The number of likely N-dealkylation sites (N-methyl/N-ethyl adjacent to an activating group) is 1. The number of nitrogens with one attached hydrogen (secondary N) is 1. The molecule has 2 unspecified atom stereocenters. The molecule has 3 N–H and O–H groups in total. The van der Waals surface area contributed by atoms with E-state index in [1.165, 1.54) is 0 Å². The molecule has 0 aliphatic carbocycles. The van der Waals surface area contributed by atoms with Crippen molar-refractivity contribution in [3.63, 3.8) is 0 Å². The van der Waals surface area contributed by atoms with Crippen molar-refractivity contribution >= 4 is 0 Å². The van der Waals surface area contributed by atoms with E-state index in [0.717, 1.165) is 13.1 Å². The lowest BCUT2D eigenvalue weighted by atomic mass is 10.2. The molecule has 1 aliphatic heterocycles. The van der Waals surface area contributed by atoms with Crippen LogP contribution in [0, 0.1) is 0 Å². The van der Waals surface area contributed by atoms with E-state index >= 15 is 0 Å². The van der Waals surface area contributed by atoms with Crippen molar-refractivity contribution in [3.05, 3.63) is 0 Å². The van der Waals surface area contributed by atoms with Gasteiger partial charge >= 0.3 is 0 Å². The van der Waals surface area contributed by atoms with Crippen molar-refractivity contribution < 1.29 is 0 Å². The summed E-state index contributed by atoms with van der Waals surface area (Å²) in [7, 11) is 4.13. The first-order chi connectivity index (χ1) is 4.22. The molecule has 3 nitrogen and oxygen atoms in total. The van der Waals surface area contributed by atoms with Crippen LogP contribution < -0.4 is 11.1 Å². The fourth-order valence-corrected chi connectivity index (χ4v) is 1.25. The zero-order chi connectivity index (χ0) is 6.85. The second-order valence-electron chi connectivity index (χ2n) is 2.85. The number of hydrogen-bond acceptors (Lipinski definition) is 3. The van der Waals surface area contributed by atoms with Crippen LogP contribution in [0.2, 0.25) is 0 Å². The van der Waals surface area contributed by atoms with Crippen molar-refractivity contribution in [1.82, 2.24) is 10.2 Å². The van der Waals surface area contributed by atoms with Gasteiger partial charge in [0.05, 0.1) is 0 Å². The predicted molar refractivity (Wildman–Crippen MR) is 38.3 cm³/mol. The van der Waals surface area contributed by atoms with Gasteiger partial charge in [0.15, 0.2) is 0 Å². The number of nitrogens with two attached hydrogens (primary N) is 1. The Kier molecular flexibility index (Phi) is 2.05. The second-order valence-corrected chi connectivity index (χ2v) is 2.85. The van der Waals surface area contributed by atoms with Crippen LogP contribution in [0.1, 0.15) is 0 Å². The summed E-state index contributed by atoms with van der Waals surface area (Å²) in [5.74, 6) is 0. The molecule has 0 spiro atoms. The third-order valence-corrected chi connectivity index (χ3v) is 1.89. The van der Waals surface area contributed by atoms with Crippen LogP contribution in [-0.2, 0) is 0 Å². The van der Waals surface area contributed by atoms with Crippen molar-refractivity contribution in [2.75, 3.05) is 27.2 Å². The number of rotatable bonds is 1. The molecule has 1 fully saturated rings. The van der Waals surface area contributed by atoms with Gasteiger partial charge < -0.3 is 16.0 Å². The van der Waals surface area contributed by atoms with E-state index in [9.17, 15) is 0 Å². The van der Waals surface area contributed by atoms with E-state index in [2.05, 4.69) is 24.3 Å². The minimum atomic E-state index is 0.319. The Labute approximate surface area is 56.2 Å². The molecule has 3 heteroatoms. The molecule has 1 saturated heterocycles. The van der Waals surface area contributed by atoms with Gasteiger partial charge in [-0.2, -0.15) is 0 Å². The first kappa shape index (κ1) is 6.99. The third kappa shape index (κ3) is 1.41. The van der Waals surface area contributed by atoms with Gasteiger partial charge in [-0.25, -0.2) is 0 Å². The number of nitrogens with zero attached hydrogens (tertiary/aromatic N) is 1. The van der Waals surface area contributed by atoms with Crippen LogP contribution in [-0.4, -0.2) is 44.2 Å². The van der Waals surface area contributed by atoms with Crippen LogP contribution >= 0.6 is 0 Å².